The summed E-state index contributed by atoms with van der Waals surface area (Å²) in [5.41, 5.74) is 3.36. The van der Waals surface area contributed by atoms with Crippen molar-refractivity contribution in [3.63, 3.8) is 0 Å². The van der Waals surface area contributed by atoms with Crippen molar-refractivity contribution in [1.29, 1.82) is 0 Å². The molecule has 2 aliphatic heterocycles. The molecule has 4 nitrogen and oxygen atoms in total. The predicted octanol–water partition coefficient (Wildman–Crippen LogP) is 2.18. The molecule has 4 heteroatoms. The molecule has 1 aromatic carbocycles. The van der Waals surface area contributed by atoms with E-state index in [0.717, 1.165) is 37.1 Å². The molecule has 21 heavy (non-hydrogen) atoms. The summed E-state index contributed by atoms with van der Waals surface area (Å²) in [5, 5.41) is 10.6. The van der Waals surface area contributed by atoms with Crippen molar-refractivity contribution >= 4 is 0 Å². The van der Waals surface area contributed by atoms with E-state index in [4.69, 9.17) is 9.47 Å². The van der Waals surface area contributed by atoms with Crippen LogP contribution < -0.4 is 0 Å². The van der Waals surface area contributed by atoms with Crippen LogP contribution in [-0.2, 0) is 9.47 Å². The maximum absolute atomic E-state index is 10.6. The van der Waals surface area contributed by atoms with Gasteiger partial charge in [-0.25, -0.2) is 0 Å². The molecule has 0 bridgehead atoms. The number of benzene rings is 1. The summed E-state index contributed by atoms with van der Waals surface area (Å²) in [4.78, 5) is 2.27. The van der Waals surface area contributed by atoms with Gasteiger partial charge in [0.05, 0.1) is 25.9 Å². The van der Waals surface area contributed by atoms with E-state index >= 15 is 0 Å². The molecule has 1 atom stereocenters. The second-order valence-electron chi connectivity index (χ2n) is 6.32. The number of hydrogen-bond acceptors (Lipinski definition) is 4. The number of hydrogen-bond donors (Lipinski definition) is 1. The zero-order chi connectivity index (χ0) is 14.9. The van der Waals surface area contributed by atoms with E-state index in [1.807, 2.05) is 0 Å². The lowest BCUT2D eigenvalue weighted by Crippen LogP contribution is -2.49. The number of nitrogens with zero attached hydrogens (tertiary/aromatic N) is 1. The highest BCUT2D eigenvalue weighted by Gasteiger charge is 2.41. The number of aryl methyl sites for hydroxylation is 2. The number of likely N-dealkylation sites (tertiary alicyclic amines) is 1. The van der Waals surface area contributed by atoms with Crippen LogP contribution in [0.5, 0.6) is 0 Å². The van der Waals surface area contributed by atoms with E-state index in [0.29, 0.717) is 19.8 Å². The Labute approximate surface area is 126 Å². The maximum Gasteiger partial charge on any atom is 0.181 e. The van der Waals surface area contributed by atoms with Crippen molar-refractivity contribution in [2.75, 3.05) is 32.8 Å². The van der Waals surface area contributed by atoms with Gasteiger partial charge >= 0.3 is 0 Å². The van der Waals surface area contributed by atoms with Crippen LogP contribution in [0.3, 0.4) is 0 Å². The summed E-state index contributed by atoms with van der Waals surface area (Å²) >= 11 is 0. The number of piperidine rings is 1. The van der Waals surface area contributed by atoms with Crippen LogP contribution in [0.2, 0.25) is 0 Å². The smallest absolute Gasteiger partial charge is 0.181 e. The highest BCUT2D eigenvalue weighted by Crippen LogP contribution is 2.31. The van der Waals surface area contributed by atoms with Gasteiger partial charge in [0.25, 0.3) is 0 Å². The molecule has 1 spiro atoms. The third-order valence-corrected chi connectivity index (χ3v) is 4.53. The van der Waals surface area contributed by atoms with E-state index in [-0.39, 0.29) is 0 Å². The normalized spacial score (nSPS) is 23.6. The molecule has 0 amide bonds. The quantitative estimate of drug-likeness (QED) is 0.927. The van der Waals surface area contributed by atoms with Crippen molar-refractivity contribution < 1.29 is 14.6 Å². The summed E-state index contributed by atoms with van der Waals surface area (Å²) in [6.45, 7) is 7.88. The average Bonchev–Trinajstić information content (AvgIpc) is 2.89. The van der Waals surface area contributed by atoms with Crippen molar-refractivity contribution in [2.24, 2.45) is 0 Å². The van der Waals surface area contributed by atoms with Gasteiger partial charge in [-0.1, -0.05) is 23.8 Å². The molecule has 3 rings (SSSR count). The molecule has 2 fully saturated rings. The topological polar surface area (TPSA) is 41.9 Å². The summed E-state index contributed by atoms with van der Waals surface area (Å²) in [6.07, 6.45) is 1.56. The Morgan fingerprint density at radius 3 is 2.81 bits per heavy atom. The van der Waals surface area contributed by atoms with E-state index < -0.39 is 11.9 Å². The van der Waals surface area contributed by atoms with E-state index in [1.54, 1.807) is 0 Å². The Morgan fingerprint density at radius 1 is 1.29 bits per heavy atom. The molecule has 0 aliphatic carbocycles. The average molecular weight is 291 g/mol. The predicted molar refractivity (Wildman–Crippen MR) is 81.2 cm³/mol. The van der Waals surface area contributed by atoms with Crippen LogP contribution in [0.4, 0.5) is 0 Å². The molecule has 1 N–H and O–H groups in total. The number of aliphatic hydroxyl groups is 1. The first kappa shape index (κ1) is 15.0. The van der Waals surface area contributed by atoms with Gasteiger partial charge in [-0.3, -0.25) is 4.90 Å². The van der Waals surface area contributed by atoms with E-state index in [1.165, 1.54) is 5.56 Å². The van der Waals surface area contributed by atoms with Gasteiger partial charge < -0.3 is 14.6 Å². The Hall–Kier alpha value is -0.940. The molecule has 2 heterocycles. The van der Waals surface area contributed by atoms with Crippen molar-refractivity contribution in [3.8, 4) is 0 Å². The van der Waals surface area contributed by atoms with E-state index in [2.05, 4.69) is 36.9 Å². The standard InChI is InChI=1S/C17H25NO3/c1-13-4-5-14(2)15(10-13)16(19)11-18-7-3-6-17(12-18)20-8-9-21-17/h4-5,10,16,19H,3,6-9,11-12H2,1-2H3/t16-/m1/s1. The first-order valence-electron chi connectivity index (χ1n) is 7.83. The molecule has 0 unspecified atom stereocenters. The number of rotatable bonds is 3. The minimum atomic E-state index is -0.457. The molecule has 2 saturated heterocycles. The first-order chi connectivity index (χ1) is 10.1. The first-order valence-corrected chi connectivity index (χ1v) is 7.83. The van der Waals surface area contributed by atoms with Gasteiger partial charge in [-0.15, -0.1) is 0 Å². The molecule has 0 radical (unpaired) electrons. The highest BCUT2D eigenvalue weighted by atomic mass is 16.7. The highest BCUT2D eigenvalue weighted by molar-refractivity contribution is 5.32. The van der Waals surface area contributed by atoms with Crippen LogP contribution in [-0.4, -0.2) is 48.6 Å². The maximum atomic E-state index is 10.6. The number of aliphatic hydroxyl groups excluding tert-OH is 1. The fraction of sp³-hybridized carbons (Fsp3) is 0.647. The lowest BCUT2D eigenvalue weighted by Gasteiger charge is -2.39. The van der Waals surface area contributed by atoms with Crippen LogP contribution in [0.15, 0.2) is 18.2 Å². The second-order valence-corrected chi connectivity index (χ2v) is 6.32. The van der Waals surface area contributed by atoms with Crippen LogP contribution in [0, 0.1) is 13.8 Å². The molecule has 0 saturated carbocycles. The fourth-order valence-electron chi connectivity index (χ4n) is 3.42. The third kappa shape index (κ3) is 3.29. The molecule has 1 aromatic rings. The molecular formula is C17H25NO3. The SMILES string of the molecule is Cc1ccc(C)c([C@H](O)CN2CCCC3(C2)OCCO3)c1. The van der Waals surface area contributed by atoms with Crippen molar-refractivity contribution in [1.82, 2.24) is 4.90 Å². The summed E-state index contributed by atoms with van der Waals surface area (Å²) in [7, 11) is 0. The summed E-state index contributed by atoms with van der Waals surface area (Å²) in [6, 6.07) is 6.25. The van der Waals surface area contributed by atoms with Gasteiger partial charge in [-0.05, 0) is 37.9 Å². The van der Waals surface area contributed by atoms with Crippen LogP contribution >= 0.6 is 0 Å². The minimum absolute atomic E-state index is 0.417. The minimum Gasteiger partial charge on any atom is -0.387 e. The van der Waals surface area contributed by atoms with Gasteiger partial charge in [0.15, 0.2) is 5.79 Å². The molecule has 116 valence electrons. The lowest BCUT2D eigenvalue weighted by atomic mass is 9.99. The van der Waals surface area contributed by atoms with Crippen LogP contribution in [0.1, 0.15) is 35.6 Å². The van der Waals surface area contributed by atoms with E-state index in [9.17, 15) is 5.11 Å². The summed E-state index contributed by atoms with van der Waals surface area (Å²) in [5.74, 6) is -0.417. The summed E-state index contributed by atoms with van der Waals surface area (Å²) < 4.78 is 11.6. The third-order valence-electron chi connectivity index (χ3n) is 4.53. The van der Waals surface area contributed by atoms with Crippen molar-refractivity contribution in [2.45, 2.75) is 38.6 Å². The van der Waals surface area contributed by atoms with Crippen LogP contribution in [0.25, 0.3) is 0 Å². The zero-order valence-corrected chi connectivity index (χ0v) is 13.0. The molecule has 2 aliphatic rings. The van der Waals surface area contributed by atoms with Crippen molar-refractivity contribution in [3.05, 3.63) is 34.9 Å². The van der Waals surface area contributed by atoms with Gasteiger partial charge in [0.1, 0.15) is 0 Å². The Morgan fingerprint density at radius 2 is 2.05 bits per heavy atom. The zero-order valence-electron chi connectivity index (χ0n) is 13.0. The Kier molecular flexibility index (Phi) is 4.31. The van der Waals surface area contributed by atoms with Gasteiger partial charge in [0, 0.05) is 13.0 Å². The second kappa shape index (κ2) is 6.05. The van der Waals surface area contributed by atoms with Gasteiger partial charge in [-0.2, -0.15) is 0 Å². The number of β-amino-alcohol motifs (C(OH)–C–C–N with tert-alkyl or cyclic N) is 1. The van der Waals surface area contributed by atoms with Gasteiger partial charge in [0.2, 0.25) is 0 Å². The lowest BCUT2D eigenvalue weighted by molar-refractivity contribution is -0.191. The monoisotopic (exact) mass is 291 g/mol. The fourth-order valence-corrected chi connectivity index (χ4v) is 3.42. The molecule has 0 aromatic heterocycles. The largest absolute Gasteiger partial charge is 0.387 e. The Balaban J connectivity index is 1.66. The Bertz CT molecular complexity index is 497. The molecular weight excluding hydrogens is 266 g/mol. The number of ether oxygens (including phenoxy) is 2.